The Morgan fingerprint density at radius 1 is 1.04 bits per heavy atom. The van der Waals surface area contributed by atoms with Crippen molar-refractivity contribution in [2.45, 2.75) is 116 Å². The molecular formula is C36H52N5O11P. The third-order valence-corrected chi connectivity index (χ3v) is 10.5. The lowest BCUT2D eigenvalue weighted by molar-refractivity contribution is -0.170. The van der Waals surface area contributed by atoms with Crippen molar-refractivity contribution in [3.63, 3.8) is 0 Å². The molecule has 1 saturated heterocycles. The molecule has 1 aliphatic rings. The zero-order valence-corrected chi connectivity index (χ0v) is 32.9. The fourth-order valence-corrected chi connectivity index (χ4v) is 7.03. The molecule has 292 valence electrons. The number of nitrogens with two attached hydrogens (primary N) is 1. The number of rotatable bonds is 16. The Bertz CT molecular complexity index is 1810. The van der Waals surface area contributed by atoms with Crippen molar-refractivity contribution in [2.75, 3.05) is 26.1 Å². The third kappa shape index (κ3) is 9.92. The zero-order valence-electron chi connectivity index (χ0n) is 32.0. The number of benzene rings is 1. The second kappa shape index (κ2) is 16.5. The fraction of sp³-hybridized carbons (Fsp3) is 0.583. The largest absolute Gasteiger partial charge is 0.461 e. The number of ether oxygens (including phenoxy) is 5. The van der Waals surface area contributed by atoms with Gasteiger partial charge in [-0.2, -0.15) is 10.2 Å². The van der Waals surface area contributed by atoms with Crippen LogP contribution in [0.15, 0.2) is 42.7 Å². The Labute approximate surface area is 309 Å². The number of carbonyl (C=O) groups is 3. The van der Waals surface area contributed by atoms with Gasteiger partial charge in [0, 0.05) is 20.0 Å². The molecule has 17 heteroatoms. The van der Waals surface area contributed by atoms with Crippen LogP contribution in [0.25, 0.3) is 5.52 Å². The zero-order chi connectivity index (χ0) is 39.4. The van der Waals surface area contributed by atoms with Crippen LogP contribution in [0.1, 0.15) is 86.4 Å². The van der Waals surface area contributed by atoms with Crippen molar-refractivity contribution in [3.8, 4) is 5.75 Å². The minimum atomic E-state index is -4.45. The predicted molar refractivity (Wildman–Crippen MR) is 194 cm³/mol. The maximum absolute atomic E-state index is 14.6. The summed E-state index contributed by atoms with van der Waals surface area (Å²) in [7, 11) is -2.96. The number of carbonyl (C=O) groups excluding carboxylic acids is 3. The maximum atomic E-state index is 14.6. The van der Waals surface area contributed by atoms with Crippen molar-refractivity contribution in [1.82, 2.24) is 19.7 Å². The number of methoxy groups -OCH3 is 1. The highest BCUT2D eigenvalue weighted by Gasteiger charge is 2.59. The topological polar surface area (TPSA) is 201 Å². The minimum absolute atomic E-state index is 0.000274. The molecule has 1 aliphatic heterocycles. The molecule has 0 saturated carbocycles. The molecule has 0 radical (unpaired) electrons. The van der Waals surface area contributed by atoms with Crippen LogP contribution in [0, 0.1) is 0 Å². The van der Waals surface area contributed by atoms with E-state index in [1.54, 1.807) is 58.9 Å². The van der Waals surface area contributed by atoms with Crippen LogP contribution < -0.4 is 15.3 Å². The van der Waals surface area contributed by atoms with Crippen LogP contribution in [0.4, 0.5) is 5.82 Å². The molecule has 4 rings (SSSR count). The quantitative estimate of drug-likeness (QED) is 0.112. The lowest BCUT2D eigenvalue weighted by Crippen LogP contribution is -2.45. The van der Waals surface area contributed by atoms with Gasteiger partial charge in [-0.05, 0) is 62.9 Å². The molecule has 3 N–H and O–H groups in total. The van der Waals surface area contributed by atoms with E-state index in [1.165, 1.54) is 24.9 Å². The first kappa shape index (κ1) is 41.7. The monoisotopic (exact) mass is 761 g/mol. The third-order valence-electron chi connectivity index (χ3n) is 8.87. The van der Waals surface area contributed by atoms with E-state index < -0.39 is 67.8 Å². The number of hydrogen-bond acceptors (Lipinski definition) is 14. The summed E-state index contributed by atoms with van der Waals surface area (Å²) in [6, 6.07) is 9.14. The summed E-state index contributed by atoms with van der Waals surface area (Å²) in [6.45, 7) is 15.4. The summed E-state index contributed by atoms with van der Waals surface area (Å²) in [5.41, 5.74) is 5.54. The highest BCUT2D eigenvalue weighted by molar-refractivity contribution is 7.52. The summed E-state index contributed by atoms with van der Waals surface area (Å²) in [6.07, 6.45) is -2.36. The first-order valence-corrected chi connectivity index (χ1v) is 19.0. The van der Waals surface area contributed by atoms with Crippen LogP contribution in [-0.4, -0.2) is 82.8 Å². The SMILES string of the molecule is CCC(=O)O[C@H]1[C@@H](OC(=O)CC)[C@](C)(c2ccc3c(N)ncnn23)O[C@@H]1COP(=O)(N[C@@H](C)C(=O)OCC(C)(C)OC)Oc1ccc(C(C)(C)C)cc1. The Morgan fingerprint density at radius 2 is 1.68 bits per heavy atom. The molecule has 0 bridgehead atoms. The summed E-state index contributed by atoms with van der Waals surface area (Å²) in [5, 5.41) is 7.01. The predicted octanol–water partition coefficient (Wildman–Crippen LogP) is 5.02. The second-order valence-electron chi connectivity index (χ2n) is 14.6. The fourth-order valence-electron chi connectivity index (χ4n) is 5.53. The number of anilines is 1. The van der Waals surface area contributed by atoms with E-state index in [9.17, 15) is 18.9 Å². The Morgan fingerprint density at radius 3 is 2.28 bits per heavy atom. The lowest BCUT2D eigenvalue weighted by Gasteiger charge is -2.31. The molecule has 16 nitrogen and oxygen atoms in total. The van der Waals surface area contributed by atoms with Gasteiger partial charge in [0.25, 0.3) is 0 Å². The molecule has 1 aromatic carbocycles. The highest BCUT2D eigenvalue weighted by atomic mass is 31.2. The average Bonchev–Trinajstić information content (AvgIpc) is 3.66. The van der Waals surface area contributed by atoms with Crippen molar-refractivity contribution in [1.29, 1.82) is 0 Å². The smallest absolute Gasteiger partial charge is 0.459 e. The number of nitrogen functional groups attached to an aromatic ring is 1. The highest BCUT2D eigenvalue weighted by Crippen LogP contribution is 2.49. The first-order chi connectivity index (χ1) is 24.8. The van der Waals surface area contributed by atoms with E-state index in [1.807, 2.05) is 12.1 Å². The van der Waals surface area contributed by atoms with E-state index in [-0.39, 0.29) is 36.4 Å². The van der Waals surface area contributed by atoms with Gasteiger partial charge in [-0.15, -0.1) is 0 Å². The molecule has 3 aromatic rings. The van der Waals surface area contributed by atoms with Gasteiger partial charge >= 0.3 is 25.7 Å². The van der Waals surface area contributed by atoms with E-state index in [0.29, 0.717) is 11.2 Å². The lowest BCUT2D eigenvalue weighted by atomic mass is 9.87. The number of hydrogen-bond donors (Lipinski definition) is 2. The van der Waals surface area contributed by atoms with Crippen LogP contribution in [0.3, 0.4) is 0 Å². The van der Waals surface area contributed by atoms with E-state index in [2.05, 4.69) is 35.9 Å². The summed E-state index contributed by atoms with van der Waals surface area (Å²) in [4.78, 5) is 42.8. The molecule has 1 unspecified atom stereocenters. The Balaban J connectivity index is 1.71. The second-order valence-corrected chi connectivity index (χ2v) is 16.3. The molecule has 0 aliphatic carbocycles. The number of esters is 3. The molecule has 2 aromatic heterocycles. The normalized spacial score (nSPS) is 22.2. The standard InChI is InChI=1S/C36H52N5O11P/c1-11-28(42)49-30-26(51-36(9,31(30)50-29(43)12-2)27-18-17-25-32(37)38-21-39-41(25)27)19-48-53(45,40-22(3)33(44)47-20-35(7,8)46-10)52-24-15-13-23(14-16-24)34(4,5)6/h13-18,21-22,26,30-31H,11-12,19-20H2,1-10H3,(H,40,45)(H2,37,38,39)/t22-,26+,30+,31+,36-,53?/m0/s1. The van der Waals surface area contributed by atoms with Crippen molar-refractivity contribution in [3.05, 3.63) is 54.0 Å². The Hall–Kier alpha value is -4.08. The van der Waals surface area contributed by atoms with Crippen molar-refractivity contribution >= 4 is 37.0 Å². The summed E-state index contributed by atoms with van der Waals surface area (Å²) in [5.74, 6) is -1.55. The molecule has 53 heavy (non-hydrogen) atoms. The van der Waals surface area contributed by atoms with Crippen LogP contribution >= 0.6 is 7.75 Å². The number of fused-ring (bicyclic) bond motifs is 1. The number of nitrogens with zero attached hydrogens (tertiary/aromatic N) is 3. The van der Waals surface area contributed by atoms with Crippen molar-refractivity contribution < 1.29 is 51.7 Å². The van der Waals surface area contributed by atoms with Gasteiger partial charge in [0.05, 0.1) is 17.9 Å². The van der Waals surface area contributed by atoms with Gasteiger partial charge < -0.3 is 33.9 Å². The van der Waals surface area contributed by atoms with Crippen molar-refractivity contribution in [2.24, 2.45) is 0 Å². The van der Waals surface area contributed by atoms with Gasteiger partial charge in [-0.25, -0.2) is 14.1 Å². The average molecular weight is 762 g/mol. The number of aromatic nitrogens is 3. The van der Waals surface area contributed by atoms with Crippen LogP contribution in [0.5, 0.6) is 5.75 Å². The molecule has 0 spiro atoms. The first-order valence-electron chi connectivity index (χ1n) is 17.5. The van der Waals surface area contributed by atoms with Gasteiger partial charge in [0.2, 0.25) is 0 Å². The van der Waals surface area contributed by atoms with Crippen LogP contribution in [0.2, 0.25) is 0 Å². The Kier molecular flexibility index (Phi) is 13.0. The molecule has 0 amide bonds. The van der Waals surface area contributed by atoms with Gasteiger partial charge in [0.15, 0.2) is 18.0 Å². The van der Waals surface area contributed by atoms with E-state index in [0.717, 1.165) is 5.56 Å². The van der Waals surface area contributed by atoms with E-state index >= 15 is 0 Å². The molecule has 3 heterocycles. The van der Waals surface area contributed by atoms with Gasteiger partial charge in [-0.1, -0.05) is 46.8 Å². The van der Waals surface area contributed by atoms with Gasteiger partial charge in [0.1, 0.15) is 41.9 Å². The van der Waals surface area contributed by atoms with E-state index in [4.69, 9.17) is 38.5 Å². The summed E-state index contributed by atoms with van der Waals surface area (Å²) >= 11 is 0. The molecular weight excluding hydrogens is 709 g/mol. The number of nitrogens with one attached hydrogen (secondary N) is 1. The van der Waals surface area contributed by atoms with Gasteiger partial charge in [-0.3, -0.25) is 18.9 Å². The maximum Gasteiger partial charge on any atom is 0.459 e. The van der Waals surface area contributed by atoms with Crippen LogP contribution in [-0.2, 0) is 58.2 Å². The summed E-state index contributed by atoms with van der Waals surface area (Å²) < 4.78 is 57.2. The minimum Gasteiger partial charge on any atom is -0.461 e. The molecule has 1 fully saturated rings. The molecule has 6 atom stereocenters.